The van der Waals surface area contributed by atoms with Crippen molar-refractivity contribution in [3.05, 3.63) is 35.4 Å². The lowest BCUT2D eigenvalue weighted by molar-refractivity contribution is -0.125. The van der Waals surface area contributed by atoms with Gasteiger partial charge in [0.1, 0.15) is 11.9 Å². The molecule has 0 aliphatic rings. The number of carbonyl (C=O) groups excluding carboxylic acids is 1. The third-order valence-corrected chi connectivity index (χ3v) is 2.98. The molecule has 0 heterocycles. The average molecular weight is 284 g/mol. The zero-order valence-corrected chi connectivity index (χ0v) is 12.1. The first kappa shape index (κ1) is 15.5. The van der Waals surface area contributed by atoms with Crippen molar-refractivity contribution in [3.8, 4) is 5.75 Å². The number of carbonyl (C=O) groups is 1. The van der Waals surface area contributed by atoms with E-state index in [2.05, 4.69) is 11.9 Å². The molecule has 0 radical (unpaired) electrons. The fourth-order valence-corrected chi connectivity index (χ4v) is 1.61. The summed E-state index contributed by atoms with van der Waals surface area (Å²) in [4.78, 5) is 11.9. The average Bonchev–Trinajstić information content (AvgIpc) is 2.39. The van der Waals surface area contributed by atoms with Gasteiger partial charge in [-0.15, -0.1) is 6.58 Å². The normalized spacial score (nSPS) is 11.8. The molecule has 0 saturated heterocycles. The van der Waals surface area contributed by atoms with Crippen LogP contribution in [0.25, 0.3) is 0 Å². The fraction of sp³-hybridized carbons (Fsp3) is 0.357. The molecule has 0 saturated carbocycles. The van der Waals surface area contributed by atoms with Crippen molar-refractivity contribution in [1.82, 2.24) is 0 Å². The van der Waals surface area contributed by atoms with Crippen LogP contribution in [0.15, 0.2) is 24.8 Å². The standard InChI is InChI=1S/C14H18ClNO3/c1-5-6-19-10(3)14(17)16-12-7-9(2)11(15)8-13(12)18-4/h5,7-8,10H,1,6H2,2-4H3,(H,16,17)/t10-/m0/s1. The Morgan fingerprint density at radius 2 is 2.26 bits per heavy atom. The number of anilines is 1. The van der Waals surface area contributed by atoms with Crippen LogP contribution in [0.4, 0.5) is 5.69 Å². The van der Waals surface area contributed by atoms with Crippen LogP contribution < -0.4 is 10.1 Å². The highest BCUT2D eigenvalue weighted by molar-refractivity contribution is 6.31. The summed E-state index contributed by atoms with van der Waals surface area (Å²) in [6, 6.07) is 3.43. The smallest absolute Gasteiger partial charge is 0.253 e. The van der Waals surface area contributed by atoms with E-state index in [1.807, 2.05) is 6.92 Å². The summed E-state index contributed by atoms with van der Waals surface area (Å²) in [5, 5.41) is 3.35. The Kier molecular flexibility index (Phi) is 5.86. The second-order valence-electron chi connectivity index (χ2n) is 4.06. The Labute approximate surface area is 118 Å². The molecule has 1 rings (SSSR count). The van der Waals surface area contributed by atoms with Crippen molar-refractivity contribution in [3.63, 3.8) is 0 Å². The van der Waals surface area contributed by atoms with Gasteiger partial charge in [0.2, 0.25) is 0 Å². The minimum atomic E-state index is -0.571. The van der Waals surface area contributed by atoms with Crippen molar-refractivity contribution >= 4 is 23.2 Å². The van der Waals surface area contributed by atoms with Crippen molar-refractivity contribution in [1.29, 1.82) is 0 Å². The van der Waals surface area contributed by atoms with Crippen LogP contribution in [0.5, 0.6) is 5.75 Å². The topological polar surface area (TPSA) is 47.6 Å². The van der Waals surface area contributed by atoms with E-state index in [1.54, 1.807) is 25.1 Å². The van der Waals surface area contributed by atoms with E-state index in [-0.39, 0.29) is 5.91 Å². The predicted molar refractivity (Wildman–Crippen MR) is 77.0 cm³/mol. The number of rotatable bonds is 6. The molecule has 4 nitrogen and oxygen atoms in total. The Hall–Kier alpha value is -1.52. The molecule has 1 amide bonds. The lowest BCUT2D eigenvalue weighted by atomic mass is 10.2. The molecule has 0 bridgehead atoms. The second-order valence-corrected chi connectivity index (χ2v) is 4.46. The van der Waals surface area contributed by atoms with Crippen LogP contribution in [0.3, 0.4) is 0 Å². The zero-order chi connectivity index (χ0) is 14.4. The molecule has 1 aromatic rings. The Morgan fingerprint density at radius 3 is 2.84 bits per heavy atom. The molecule has 0 aliphatic heterocycles. The highest BCUT2D eigenvalue weighted by atomic mass is 35.5. The molecule has 0 unspecified atom stereocenters. The number of amides is 1. The number of ether oxygens (including phenoxy) is 2. The first-order valence-corrected chi connectivity index (χ1v) is 6.25. The number of methoxy groups -OCH3 is 1. The van der Waals surface area contributed by atoms with Crippen molar-refractivity contribution < 1.29 is 14.3 Å². The second kappa shape index (κ2) is 7.16. The third kappa shape index (κ3) is 4.26. The molecule has 0 spiro atoms. The Balaban J connectivity index is 2.83. The minimum Gasteiger partial charge on any atom is -0.495 e. The summed E-state index contributed by atoms with van der Waals surface area (Å²) in [7, 11) is 1.52. The van der Waals surface area contributed by atoms with Gasteiger partial charge in [0.15, 0.2) is 0 Å². The number of benzene rings is 1. The van der Waals surface area contributed by atoms with Gasteiger partial charge < -0.3 is 14.8 Å². The van der Waals surface area contributed by atoms with Crippen LogP contribution in [0.2, 0.25) is 5.02 Å². The van der Waals surface area contributed by atoms with Crippen LogP contribution in [0.1, 0.15) is 12.5 Å². The van der Waals surface area contributed by atoms with E-state index in [1.165, 1.54) is 7.11 Å². The van der Waals surface area contributed by atoms with Crippen LogP contribution in [-0.4, -0.2) is 25.7 Å². The molecule has 19 heavy (non-hydrogen) atoms. The molecule has 0 fully saturated rings. The summed E-state index contributed by atoms with van der Waals surface area (Å²) in [5.74, 6) is 0.266. The molecule has 5 heteroatoms. The van der Waals surface area contributed by atoms with Gasteiger partial charge in [-0.3, -0.25) is 4.79 Å². The Morgan fingerprint density at radius 1 is 1.58 bits per heavy atom. The molecule has 1 aromatic carbocycles. The monoisotopic (exact) mass is 283 g/mol. The number of halogens is 1. The number of hydrogen-bond acceptors (Lipinski definition) is 3. The molecular weight excluding hydrogens is 266 g/mol. The SMILES string of the molecule is C=CCO[C@@H](C)C(=O)Nc1cc(C)c(Cl)cc1OC. The molecular formula is C14H18ClNO3. The van der Waals surface area contributed by atoms with Crippen molar-refractivity contribution in [2.45, 2.75) is 20.0 Å². The maximum Gasteiger partial charge on any atom is 0.253 e. The first-order chi connectivity index (χ1) is 8.99. The molecule has 1 atom stereocenters. The van der Waals surface area contributed by atoms with Gasteiger partial charge in [0.05, 0.1) is 19.4 Å². The van der Waals surface area contributed by atoms with E-state index >= 15 is 0 Å². The molecule has 0 aromatic heterocycles. The number of aryl methyl sites for hydroxylation is 1. The van der Waals surface area contributed by atoms with Gasteiger partial charge >= 0.3 is 0 Å². The summed E-state index contributed by atoms with van der Waals surface area (Å²) in [6.07, 6.45) is 1.02. The molecule has 1 N–H and O–H groups in total. The van der Waals surface area contributed by atoms with Crippen LogP contribution in [-0.2, 0) is 9.53 Å². The van der Waals surface area contributed by atoms with E-state index in [4.69, 9.17) is 21.1 Å². The van der Waals surface area contributed by atoms with Crippen molar-refractivity contribution in [2.24, 2.45) is 0 Å². The van der Waals surface area contributed by atoms with Crippen LogP contribution in [0, 0.1) is 6.92 Å². The van der Waals surface area contributed by atoms with Gasteiger partial charge in [-0.05, 0) is 25.5 Å². The number of hydrogen-bond donors (Lipinski definition) is 1. The quantitative estimate of drug-likeness (QED) is 0.816. The largest absolute Gasteiger partial charge is 0.495 e. The first-order valence-electron chi connectivity index (χ1n) is 5.87. The lowest BCUT2D eigenvalue weighted by Gasteiger charge is -2.15. The zero-order valence-electron chi connectivity index (χ0n) is 11.3. The summed E-state index contributed by atoms with van der Waals surface area (Å²) < 4.78 is 10.4. The predicted octanol–water partition coefficient (Wildman–Crippen LogP) is 3.19. The molecule has 104 valence electrons. The summed E-state index contributed by atoms with van der Waals surface area (Å²) in [6.45, 7) is 7.39. The summed E-state index contributed by atoms with van der Waals surface area (Å²) in [5.41, 5.74) is 1.43. The number of nitrogens with one attached hydrogen (secondary N) is 1. The van der Waals surface area contributed by atoms with Crippen molar-refractivity contribution in [2.75, 3.05) is 19.0 Å². The minimum absolute atomic E-state index is 0.248. The third-order valence-electron chi connectivity index (χ3n) is 2.57. The summed E-state index contributed by atoms with van der Waals surface area (Å²) >= 11 is 6.00. The van der Waals surface area contributed by atoms with E-state index in [0.717, 1.165) is 5.56 Å². The van der Waals surface area contributed by atoms with E-state index in [9.17, 15) is 4.79 Å². The molecule has 0 aliphatic carbocycles. The highest BCUT2D eigenvalue weighted by Gasteiger charge is 2.16. The van der Waals surface area contributed by atoms with E-state index < -0.39 is 6.10 Å². The highest BCUT2D eigenvalue weighted by Crippen LogP contribution is 2.31. The van der Waals surface area contributed by atoms with Gasteiger partial charge in [-0.1, -0.05) is 17.7 Å². The van der Waals surface area contributed by atoms with Gasteiger partial charge in [-0.2, -0.15) is 0 Å². The Bertz CT molecular complexity index is 474. The van der Waals surface area contributed by atoms with Gasteiger partial charge in [0.25, 0.3) is 5.91 Å². The van der Waals surface area contributed by atoms with Crippen LogP contribution >= 0.6 is 11.6 Å². The lowest BCUT2D eigenvalue weighted by Crippen LogP contribution is -2.28. The maximum absolute atomic E-state index is 11.9. The van der Waals surface area contributed by atoms with E-state index in [0.29, 0.717) is 23.1 Å². The maximum atomic E-state index is 11.9. The van der Waals surface area contributed by atoms with Gasteiger partial charge in [0, 0.05) is 11.1 Å². The fourth-order valence-electron chi connectivity index (χ4n) is 1.45. The van der Waals surface area contributed by atoms with Gasteiger partial charge in [-0.25, -0.2) is 0 Å².